The number of nitrogens with one attached hydrogen (secondary N) is 1. The van der Waals surface area contributed by atoms with Gasteiger partial charge in [0.1, 0.15) is 0 Å². The number of carbonyl (C=O) groups excluding carboxylic acids is 1. The molecule has 0 aliphatic heterocycles. The van der Waals surface area contributed by atoms with Crippen molar-refractivity contribution in [1.29, 1.82) is 0 Å². The Bertz CT molecular complexity index is 483. The first-order valence-corrected chi connectivity index (χ1v) is 6.74. The summed E-state index contributed by atoms with van der Waals surface area (Å²) in [6.45, 7) is 0.742. The number of aliphatic carboxylic acids is 1. The second-order valence-electron chi connectivity index (χ2n) is 3.93. The third-order valence-corrected chi connectivity index (χ3v) is 3.35. The Kier molecular flexibility index (Phi) is 6.92. The van der Waals surface area contributed by atoms with Crippen molar-refractivity contribution in [3.8, 4) is 0 Å². The van der Waals surface area contributed by atoms with Crippen LogP contribution in [0.3, 0.4) is 0 Å². The molecule has 1 unspecified atom stereocenters. The number of thiophene rings is 1. The number of ether oxygens (including phenoxy) is 2. The number of hydrogen-bond donors (Lipinski definition) is 2. The highest BCUT2D eigenvalue weighted by Gasteiger charge is 2.11. The standard InChI is InChI=1S/C13H17NO5S/c1-18-7-10(19-2)6-14-13(17)9-5-11(20-8-9)3-4-12(15)16/h3-5,8,10H,6-7H2,1-2H3,(H,14,17)(H,15,16)/b4-3+. The lowest BCUT2D eigenvalue weighted by atomic mass is 10.2. The van der Waals surface area contributed by atoms with E-state index in [0.717, 1.165) is 6.08 Å². The fraction of sp³-hybridized carbons (Fsp3) is 0.385. The fourth-order valence-electron chi connectivity index (χ4n) is 1.42. The van der Waals surface area contributed by atoms with Crippen LogP contribution in [0.5, 0.6) is 0 Å². The minimum atomic E-state index is -1.02. The number of methoxy groups -OCH3 is 2. The van der Waals surface area contributed by atoms with Crippen LogP contribution in [0, 0.1) is 0 Å². The van der Waals surface area contributed by atoms with Crippen molar-refractivity contribution >= 4 is 29.3 Å². The number of hydrogen-bond acceptors (Lipinski definition) is 5. The first-order valence-electron chi connectivity index (χ1n) is 5.86. The second kappa shape index (κ2) is 8.47. The van der Waals surface area contributed by atoms with Gasteiger partial charge in [-0.25, -0.2) is 4.79 Å². The van der Waals surface area contributed by atoms with E-state index in [1.807, 2.05) is 0 Å². The lowest BCUT2D eigenvalue weighted by molar-refractivity contribution is -0.131. The smallest absolute Gasteiger partial charge is 0.328 e. The molecule has 0 radical (unpaired) electrons. The molecule has 0 spiro atoms. The van der Waals surface area contributed by atoms with E-state index in [-0.39, 0.29) is 12.0 Å². The molecule has 0 bridgehead atoms. The molecule has 7 heteroatoms. The molecule has 1 aromatic rings. The van der Waals surface area contributed by atoms with E-state index in [4.69, 9.17) is 14.6 Å². The molecule has 2 N–H and O–H groups in total. The SMILES string of the molecule is COCC(CNC(=O)c1csc(/C=C/C(=O)O)c1)OC. The van der Waals surface area contributed by atoms with Gasteiger partial charge >= 0.3 is 5.97 Å². The maximum absolute atomic E-state index is 11.9. The normalized spacial score (nSPS) is 12.5. The summed E-state index contributed by atoms with van der Waals surface area (Å²) in [5, 5.41) is 12.9. The second-order valence-corrected chi connectivity index (χ2v) is 4.88. The van der Waals surface area contributed by atoms with Crippen LogP contribution in [0.1, 0.15) is 15.2 Å². The van der Waals surface area contributed by atoms with E-state index < -0.39 is 5.97 Å². The highest BCUT2D eigenvalue weighted by Crippen LogP contribution is 2.16. The molecular weight excluding hydrogens is 282 g/mol. The predicted octanol–water partition coefficient (Wildman–Crippen LogP) is 1.24. The van der Waals surface area contributed by atoms with E-state index >= 15 is 0 Å². The molecular formula is C13H17NO5S. The lowest BCUT2D eigenvalue weighted by Gasteiger charge is -2.14. The first kappa shape index (κ1) is 16.4. The summed E-state index contributed by atoms with van der Waals surface area (Å²) in [5.41, 5.74) is 0.493. The molecule has 1 heterocycles. The molecule has 0 aromatic carbocycles. The molecule has 0 aliphatic rings. The van der Waals surface area contributed by atoms with Gasteiger partial charge in [-0.3, -0.25) is 4.79 Å². The number of carboxylic acids is 1. The van der Waals surface area contributed by atoms with E-state index in [9.17, 15) is 9.59 Å². The highest BCUT2D eigenvalue weighted by molar-refractivity contribution is 7.11. The van der Waals surface area contributed by atoms with Crippen molar-refractivity contribution in [2.75, 3.05) is 27.4 Å². The van der Waals surface area contributed by atoms with Gasteiger partial charge in [-0.15, -0.1) is 11.3 Å². The Morgan fingerprint density at radius 3 is 2.85 bits per heavy atom. The van der Waals surface area contributed by atoms with Crippen LogP contribution in [0.2, 0.25) is 0 Å². The highest BCUT2D eigenvalue weighted by atomic mass is 32.1. The summed E-state index contributed by atoms with van der Waals surface area (Å²) >= 11 is 1.30. The van der Waals surface area contributed by atoms with Gasteiger partial charge in [-0.2, -0.15) is 0 Å². The summed E-state index contributed by atoms with van der Waals surface area (Å²) in [6.07, 6.45) is 2.29. The summed E-state index contributed by atoms with van der Waals surface area (Å²) in [7, 11) is 3.11. The van der Waals surface area contributed by atoms with E-state index in [2.05, 4.69) is 5.32 Å². The van der Waals surface area contributed by atoms with E-state index in [1.54, 1.807) is 25.7 Å². The molecule has 1 amide bonds. The van der Waals surface area contributed by atoms with Crippen molar-refractivity contribution in [2.45, 2.75) is 6.10 Å². The Balaban J connectivity index is 2.53. The van der Waals surface area contributed by atoms with Crippen molar-refractivity contribution in [1.82, 2.24) is 5.32 Å². The number of amides is 1. The molecule has 0 saturated heterocycles. The van der Waals surface area contributed by atoms with Gasteiger partial charge in [0.05, 0.1) is 18.3 Å². The van der Waals surface area contributed by atoms with Crippen LogP contribution < -0.4 is 5.32 Å². The van der Waals surface area contributed by atoms with Gasteiger partial charge in [0.15, 0.2) is 0 Å². The van der Waals surface area contributed by atoms with Crippen LogP contribution in [-0.2, 0) is 14.3 Å². The maximum atomic E-state index is 11.9. The minimum Gasteiger partial charge on any atom is -0.478 e. The lowest BCUT2D eigenvalue weighted by Crippen LogP contribution is -2.35. The molecule has 6 nitrogen and oxygen atoms in total. The number of carboxylic acid groups (broad SMARTS) is 1. The van der Waals surface area contributed by atoms with Crippen LogP contribution in [0.25, 0.3) is 6.08 Å². The zero-order valence-corrected chi connectivity index (χ0v) is 12.1. The van der Waals surface area contributed by atoms with Gasteiger partial charge in [0.25, 0.3) is 5.91 Å². The van der Waals surface area contributed by atoms with Crippen molar-refractivity contribution in [2.24, 2.45) is 0 Å². The fourth-order valence-corrected chi connectivity index (χ4v) is 2.20. The summed E-state index contributed by atoms with van der Waals surface area (Å²) in [5.74, 6) is -1.25. The zero-order chi connectivity index (χ0) is 15.0. The molecule has 20 heavy (non-hydrogen) atoms. The molecule has 1 rings (SSSR count). The number of carbonyl (C=O) groups is 2. The predicted molar refractivity (Wildman–Crippen MR) is 76.0 cm³/mol. The monoisotopic (exact) mass is 299 g/mol. The Labute approximate surface area is 121 Å². The third-order valence-electron chi connectivity index (χ3n) is 2.45. The summed E-state index contributed by atoms with van der Waals surface area (Å²) in [4.78, 5) is 23.0. The van der Waals surface area contributed by atoms with Gasteiger partial charge in [-0.1, -0.05) is 0 Å². The minimum absolute atomic E-state index is 0.200. The molecule has 0 aliphatic carbocycles. The number of rotatable bonds is 8. The average molecular weight is 299 g/mol. The quantitative estimate of drug-likeness (QED) is 0.705. The molecule has 0 saturated carbocycles. The van der Waals surface area contributed by atoms with Crippen molar-refractivity contribution < 1.29 is 24.2 Å². The van der Waals surface area contributed by atoms with Crippen LogP contribution in [0.4, 0.5) is 0 Å². The van der Waals surface area contributed by atoms with Crippen LogP contribution >= 0.6 is 11.3 Å². The van der Waals surface area contributed by atoms with E-state index in [0.29, 0.717) is 23.6 Å². The van der Waals surface area contributed by atoms with Gasteiger partial charge in [-0.05, 0) is 12.1 Å². The van der Waals surface area contributed by atoms with Crippen molar-refractivity contribution in [3.63, 3.8) is 0 Å². The topological polar surface area (TPSA) is 84.9 Å². The molecule has 0 fully saturated rings. The van der Waals surface area contributed by atoms with Gasteiger partial charge < -0.3 is 19.9 Å². The molecule has 1 atom stereocenters. The molecule has 1 aromatic heterocycles. The maximum Gasteiger partial charge on any atom is 0.328 e. The van der Waals surface area contributed by atoms with Gasteiger partial charge in [0, 0.05) is 37.1 Å². The summed E-state index contributed by atoms with van der Waals surface area (Å²) < 4.78 is 10.1. The van der Waals surface area contributed by atoms with Crippen LogP contribution in [0.15, 0.2) is 17.5 Å². The average Bonchev–Trinajstić information content (AvgIpc) is 2.89. The largest absolute Gasteiger partial charge is 0.478 e. The third kappa shape index (κ3) is 5.52. The van der Waals surface area contributed by atoms with E-state index in [1.165, 1.54) is 17.4 Å². The van der Waals surface area contributed by atoms with Gasteiger partial charge in [0.2, 0.25) is 0 Å². The first-order chi connectivity index (χ1) is 9.56. The summed E-state index contributed by atoms with van der Waals surface area (Å²) in [6, 6.07) is 1.64. The Morgan fingerprint density at radius 2 is 2.25 bits per heavy atom. The zero-order valence-electron chi connectivity index (χ0n) is 11.3. The van der Waals surface area contributed by atoms with Crippen LogP contribution in [-0.4, -0.2) is 50.5 Å². The van der Waals surface area contributed by atoms with Crippen molar-refractivity contribution in [3.05, 3.63) is 28.0 Å². The Hall–Kier alpha value is -1.70. The Morgan fingerprint density at radius 1 is 1.50 bits per heavy atom. The molecule has 110 valence electrons.